The van der Waals surface area contributed by atoms with Crippen LogP contribution in [0.4, 0.5) is 0 Å². The van der Waals surface area contributed by atoms with E-state index in [-0.39, 0.29) is 18.0 Å². The van der Waals surface area contributed by atoms with Crippen LogP contribution >= 0.6 is 0 Å². The van der Waals surface area contributed by atoms with E-state index in [2.05, 4.69) is 5.16 Å². The summed E-state index contributed by atoms with van der Waals surface area (Å²) < 4.78 is 26.3. The molecule has 1 aliphatic heterocycles. The second-order valence-electron chi connectivity index (χ2n) is 6.38. The van der Waals surface area contributed by atoms with Gasteiger partial charge in [0.2, 0.25) is 5.78 Å². The van der Waals surface area contributed by atoms with Crippen molar-refractivity contribution in [1.29, 1.82) is 0 Å². The number of hydrogen-bond acceptors (Lipinski definition) is 8. The minimum atomic E-state index is -0.449. The van der Waals surface area contributed by atoms with E-state index < -0.39 is 5.97 Å². The predicted octanol–water partition coefficient (Wildman–Crippen LogP) is 3.74. The zero-order valence-corrected chi connectivity index (χ0v) is 15.8. The van der Waals surface area contributed by atoms with Gasteiger partial charge in [-0.05, 0) is 35.8 Å². The minimum absolute atomic E-state index is 0.0952. The van der Waals surface area contributed by atoms with Crippen molar-refractivity contribution >= 4 is 17.8 Å². The van der Waals surface area contributed by atoms with Gasteiger partial charge in [0.05, 0.1) is 25.4 Å². The molecule has 0 atom stereocenters. The molecule has 0 amide bonds. The summed E-state index contributed by atoms with van der Waals surface area (Å²) in [7, 11) is 1.48. The Morgan fingerprint density at radius 1 is 1.28 bits per heavy atom. The Balaban J connectivity index is 1.45. The molecule has 1 aliphatic rings. The normalized spacial score (nSPS) is 14.0. The van der Waals surface area contributed by atoms with Gasteiger partial charge in [-0.3, -0.25) is 9.59 Å². The summed E-state index contributed by atoms with van der Waals surface area (Å²) in [6, 6.07) is 8.20. The fourth-order valence-corrected chi connectivity index (χ4v) is 2.95. The number of ether oxygens (including phenoxy) is 3. The highest BCUT2D eigenvalue weighted by Crippen LogP contribution is 2.37. The molecule has 4 rings (SSSR count). The van der Waals surface area contributed by atoms with Crippen LogP contribution < -0.4 is 14.2 Å². The molecule has 0 unspecified atom stereocenters. The summed E-state index contributed by atoms with van der Waals surface area (Å²) in [5.41, 5.74) is 1.09. The number of allylic oxidation sites excluding steroid dienone is 1. The molecule has 29 heavy (non-hydrogen) atoms. The number of benzene rings is 1. The maximum atomic E-state index is 12.6. The molecular weight excluding hydrogens is 378 g/mol. The third kappa shape index (κ3) is 3.91. The number of rotatable bonds is 6. The van der Waals surface area contributed by atoms with Gasteiger partial charge in [-0.2, -0.15) is 0 Å². The Labute approximate surface area is 165 Å². The molecule has 0 fully saturated rings. The largest absolute Gasteiger partial charge is 0.479 e. The number of aromatic nitrogens is 1. The zero-order chi connectivity index (χ0) is 20.4. The van der Waals surface area contributed by atoms with Gasteiger partial charge in [-0.15, -0.1) is 0 Å². The molecule has 0 saturated carbocycles. The topological polar surface area (TPSA) is 101 Å². The predicted molar refractivity (Wildman–Crippen MR) is 99.8 cm³/mol. The number of furan rings is 1. The Morgan fingerprint density at radius 2 is 2.14 bits per heavy atom. The number of methoxy groups -OCH3 is 1. The summed E-state index contributed by atoms with van der Waals surface area (Å²) in [4.78, 5) is 24.8. The maximum Gasteiger partial charge on any atom is 0.311 e. The van der Waals surface area contributed by atoms with Gasteiger partial charge in [-0.1, -0.05) is 0 Å². The maximum absolute atomic E-state index is 12.6. The van der Waals surface area contributed by atoms with E-state index in [4.69, 9.17) is 23.2 Å². The number of nitrogens with zero attached hydrogens (tertiary/aromatic N) is 1. The van der Waals surface area contributed by atoms with Crippen molar-refractivity contribution in [3.05, 3.63) is 65.0 Å². The monoisotopic (exact) mass is 395 g/mol. The summed E-state index contributed by atoms with van der Waals surface area (Å²) in [6.45, 7) is 1.76. The second-order valence-corrected chi connectivity index (χ2v) is 6.38. The van der Waals surface area contributed by atoms with Crippen LogP contribution in [0.25, 0.3) is 6.08 Å². The smallest absolute Gasteiger partial charge is 0.311 e. The Morgan fingerprint density at radius 3 is 2.86 bits per heavy atom. The van der Waals surface area contributed by atoms with Gasteiger partial charge in [0.15, 0.2) is 5.76 Å². The molecule has 8 nitrogen and oxygen atoms in total. The lowest BCUT2D eigenvalue weighted by molar-refractivity contribution is -0.134. The Kier molecular flexibility index (Phi) is 4.90. The fraction of sp³-hybridized carbons (Fsp3) is 0.190. The van der Waals surface area contributed by atoms with E-state index >= 15 is 0 Å². The van der Waals surface area contributed by atoms with Gasteiger partial charge in [0.25, 0.3) is 5.88 Å². The van der Waals surface area contributed by atoms with Crippen molar-refractivity contribution in [2.75, 3.05) is 7.11 Å². The summed E-state index contributed by atoms with van der Waals surface area (Å²) >= 11 is 0. The number of fused-ring (bicyclic) bond motifs is 1. The molecule has 3 aromatic rings. The first-order valence-electron chi connectivity index (χ1n) is 8.86. The number of hydrogen-bond donors (Lipinski definition) is 0. The first-order chi connectivity index (χ1) is 14.0. The molecule has 8 heteroatoms. The zero-order valence-electron chi connectivity index (χ0n) is 15.8. The third-order valence-corrected chi connectivity index (χ3v) is 4.31. The Bertz CT molecular complexity index is 1090. The molecule has 0 radical (unpaired) electrons. The highest BCUT2D eigenvalue weighted by Gasteiger charge is 2.30. The molecule has 0 spiro atoms. The lowest BCUT2D eigenvalue weighted by Crippen LogP contribution is -2.09. The number of esters is 1. The summed E-state index contributed by atoms with van der Waals surface area (Å²) in [5, 5.41) is 3.68. The summed E-state index contributed by atoms with van der Waals surface area (Å²) in [5.74, 6) is 1.48. The standard InChI is InChI=1S/C21H17NO7/c1-12-8-15(27-19(23)6-5-14-11-18(25-2)22-29-14)10-16-20(12)21(24)17(28-16)9-13-4-3-7-26-13/h3-4,7-11H,5-6H2,1-2H3/b17-9-. The number of aryl methyl sites for hydroxylation is 2. The van der Waals surface area contributed by atoms with Crippen LogP contribution in [0.5, 0.6) is 17.4 Å². The van der Waals surface area contributed by atoms with Crippen LogP contribution in [0.1, 0.15) is 33.9 Å². The second kappa shape index (κ2) is 7.67. The average molecular weight is 395 g/mol. The molecule has 148 valence electrons. The lowest BCUT2D eigenvalue weighted by Gasteiger charge is -2.07. The van der Waals surface area contributed by atoms with Crippen molar-refractivity contribution < 1.29 is 32.7 Å². The van der Waals surface area contributed by atoms with E-state index in [1.807, 2.05) is 0 Å². The SMILES string of the molecule is COc1cc(CCC(=O)Oc2cc(C)c3c(c2)O/C(=C\c2ccco2)C3=O)on1. The first-order valence-corrected chi connectivity index (χ1v) is 8.86. The average Bonchev–Trinajstić information content (AvgIpc) is 3.42. The van der Waals surface area contributed by atoms with Crippen molar-refractivity contribution in [2.24, 2.45) is 0 Å². The van der Waals surface area contributed by atoms with Crippen LogP contribution in [0.3, 0.4) is 0 Å². The highest BCUT2D eigenvalue weighted by molar-refractivity contribution is 6.15. The van der Waals surface area contributed by atoms with Crippen molar-refractivity contribution in [3.8, 4) is 17.4 Å². The minimum Gasteiger partial charge on any atom is -0.479 e. The van der Waals surface area contributed by atoms with E-state index in [1.54, 1.807) is 31.2 Å². The molecular formula is C21H17NO7. The van der Waals surface area contributed by atoms with Crippen LogP contribution in [-0.2, 0) is 11.2 Å². The van der Waals surface area contributed by atoms with E-state index in [9.17, 15) is 9.59 Å². The summed E-state index contributed by atoms with van der Waals surface area (Å²) in [6.07, 6.45) is 3.46. The molecule has 0 N–H and O–H groups in total. The van der Waals surface area contributed by atoms with Gasteiger partial charge < -0.3 is 23.2 Å². The third-order valence-electron chi connectivity index (χ3n) is 4.31. The molecule has 0 aliphatic carbocycles. The molecule has 3 heterocycles. The van der Waals surface area contributed by atoms with Gasteiger partial charge in [0.1, 0.15) is 23.0 Å². The molecule has 0 bridgehead atoms. The molecule has 0 saturated heterocycles. The highest BCUT2D eigenvalue weighted by atomic mass is 16.5. The van der Waals surface area contributed by atoms with Crippen LogP contribution in [-0.4, -0.2) is 24.0 Å². The number of Topliss-reactive ketones (excluding diaryl/α,β-unsaturated/α-hetero) is 1. The van der Waals surface area contributed by atoms with Crippen molar-refractivity contribution in [3.63, 3.8) is 0 Å². The number of carbonyl (C=O) groups excluding carboxylic acids is 2. The number of ketones is 1. The molecule has 1 aromatic carbocycles. The van der Waals surface area contributed by atoms with E-state index in [0.717, 1.165) is 0 Å². The lowest BCUT2D eigenvalue weighted by atomic mass is 10.0. The fourth-order valence-electron chi connectivity index (χ4n) is 2.95. The molecule has 2 aromatic heterocycles. The first kappa shape index (κ1) is 18.5. The van der Waals surface area contributed by atoms with Crippen molar-refractivity contribution in [2.45, 2.75) is 19.8 Å². The van der Waals surface area contributed by atoms with Crippen LogP contribution in [0, 0.1) is 6.92 Å². The van der Waals surface area contributed by atoms with Gasteiger partial charge in [0, 0.05) is 24.6 Å². The quantitative estimate of drug-likeness (QED) is 0.353. The Hall–Kier alpha value is -3.81. The van der Waals surface area contributed by atoms with Crippen LogP contribution in [0.15, 0.2) is 51.3 Å². The van der Waals surface area contributed by atoms with E-state index in [0.29, 0.717) is 46.4 Å². The van der Waals surface area contributed by atoms with Gasteiger partial charge >= 0.3 is 5.97 Å². The van der Waals surface area contributed by atoms with Gasteiger partial charge in [-0.25, -0.2) is 0 Å². The number of carbonyl (C=O) groups is 2. The van der Waals surface area contributed by atoms with E-state index in [1.165, 1.54) is 25.5 Å². The van der Waals surface area contributed by atoms with Crippen molar-refractivity contribution in [1.82, 2.24) is 5.16 Å². The van der Waals surface area contributed by atoms with Crippen LogP contribution in [0.2, 0.25) is 0 Å².